The molecule has 0 fully saturated rings. The Kier molecular flexibility index (Phi) is 4.14. The number of aromatic nitrogens is 1. The summed E-state index contributed by atoms with van der Waals surface area (Å²) in [6.07, 6.45) is 0. The van der Waals surface area contributed by atoms with Gasteiger partial charge in [0.25, 0.3) is 5.91 Å². The van der Waals surface area contributed by atoms with Crippen LogP contribution in [-0.4, -0.2) is 10.9 Å². The molecule has 0 atom stereocenters. The Bertz CT molecular complexity index is 544. The van der Waals surface area contributed by atoms with E-state index in [0.29, 0.717) is 12.4 Å². The van der Waals surface area contributed by atoms with Crippen LogP contribution < -0.4 is 16.6 Å². The van der Waals surface area contributed by atoms with Gasteiger partial charge in [0.15, 0.2) is 0 Å². The van der Waals surface area contributed by atoms with Crippen molar-refractivity contribution in [1.29, 1.82) is 0 Å². The van der Waals surface area contributed by atoms with Crippen molar-refractivity contribution in [3.05, 3.63) is 45.2 Å². The molecule has 0 saturated heterocycles. The highest BCUT2D eigenvalue weighted by Crippen LogP contribution is 2.16. The van der Waals surface area contributed by atoms with Gasteiger partial charge in [0, 0.05) is 4.88 Å². The van der Waals surface area contributed by atoms with Crippen LogP contribution in [0.3, 0.4) is 0 Å². The van der Waals surface area contributed by atoms with Gasteiger partial charge in [0.1, 0.15) is 11.5 Å². The van der Waals surface area contributed by atoms with E-state index in [9.17, 15) is 4.79 Å². The molecule has 0 aliphatic carbocycles. The lowest BCUT2D eigenvalue weighted by atomic mass is 10.3. The lowest BCUT2D eigenvalue weighted by molar-refractivity contribution is 0.0946. The highest BCUT2D eigenvalue weighted by Gasteiger charge is 2.12. The molecule has 0 unspecified atom stereocenters. The number of amides is 1. The molecular formula is C11H11ClN4OS. The molecule has 4 N–H and O–H groups in total. The van der Waals surface area contributed by atoms with E-state index in [1.807, 2.05) is 17.5 Å². The normalized spacial score (nSPS) is 10.1. The first kappa shape index (κ1) is 12.8. The molecule has 0 aromatic carbocycles. The number of carbonyl (C=O) groups is 1. The SMILES string of the molecule is NNc1ccc(Cl)c(C(=O)NCc2cccs2)n1. The maximum atomic E-state index is 11.9. The molecule has 2 aromatic rings. The number of halogens is 1. The Morgan fingerprint density at radius 1 is 1.44 bits per heavy atom. The minimum atomic E-state index is -0.328. The van der Waals surface area contributed by atoms with Gasteiger partial charge < -0.3 is 10.7 Å². The number of thiophene rings is 1. The minimum Gasteiger partial charge on any atom is -0.346 e. The molecule has 0 bridgehead atoms. The fraction of sp³-hybridized carbons (Fsp3) is 0.0909. The van der Waals surface area contributed by atoms with Gasteiger partial charge in [-0.05, 0) is 23.6 Å². The first-order chi connectivity index (χ1) is 8.70. The Balaban J connectivity index is 2.08. The molecule has 2 aromatic heterocycles. The van der Waals surface area contributed by atoms with Crippen LogP contribution in [0.4, 0.5) is 5.82 Å². The van der Waals surface area contributed by atoms with Gasteiger partial charge in [-0.15, -0.1) is 11.3 Å². The quantitative estimate of drug-likeness (QED) is 0.592. The summed E-state index contributed by atoms with van der Waals surface area (Å²) in [6.45, 7) is 0.453. The minimum absolute atomic E-state index is 0.156. The number of anilines is 1. The third kappa shape index (κ3) is 2.98. The van der Waals surface area contributed by atoms with Crippen molar-refractivity contribution >= 4 is 34.7 Å². The summed E-state index contributed by atoms with van der Waals surface area (Å²) < 4.78 is 0. The van der Waals surface area contributed by atoms with Crippen LogP contribution in [0.25, 0.3) is 0 Å². The van der Waals surface area contributed by atoms with E-state index >= 15 is 0 Å². The summed E-state index contributed by atoms with van der Waals surface area (Å²) in [5.41, 5.74) is 2.53. The van der Waals surface area contributed by atoms with Gasteiger partial charge in [0.05, 0.1) is 11.6 Å². The lowest BCUT2D eigenvalue weighted by Gasteiger charge is -2.06. The molecule has 0 radical (unpaired) electrons. The summed E-state index contributed by atoms with van der Waals surface area (Å²) in [5, 5.41) is 4.99. The number of pyridine rings is 1. The molecule has 5 nitrogen and oxygen atoms in total. The van der Waals surface area contributed by atoms with Crippen molar-refractivity contribution in [3.8, 4) is 0 Å². The average Bonchev–Trinajstić information content (AvgIpc) is 2.89. The van der Waals surface area contributed by atoms with E-state index in [1.165, 1.54) is 0 Å². The van der Waals surface area contributed by atoms with Gasteiger partial charge in [-0.25, -0.2) is 10.8 Å². The molecule has 2 rings (SSSR count). The summed E-state index contributed by atoms with van der Waals surface area (Å²) in [6, 6.07) is 7.04. The van der Waals surface area contributed by atoms with Crippen LogP contribution in [0.15, 0.2) is 29.6 Å². The van der Waals surface area contributed by atoms with Crippen molar-refractivity contribution in [2.45, 2.75) is 6.54 Å². The Labute approximate surface area is 113 Å². The zero-order chi connectivity index (χ0) is 13.0. The third-order valence-corrected chi connectivity index (χ3v) is 3.39. The fourth-order valence-electron chi connectivity index (χ4n) is 1.35. The van der Waals surface area contributed by atoms with Gasteiger partial charge >= 0.3 is 0 Å². The van der Waals surface area contributed by atoms with Crippen molar-refractivity contribution < 1.29 is 4.79 Å². The van der Waals surface area contributed by atoms with E-state index in [2.05, 4.69) is 15.7 Å². The van der Waals surface area contributed by atoms with Crippen LogP contribution in [0.5, 0.6) is 0 Å². The largest absolute Gasteiger partial charge is 0.346 e. The standard InChI is InChI=1S/C11H11ClN4OS/c12-8-3-4-9(16-13)15-10(8)11(17)14-6-7-2-1-5-18-7/h1-5H,6,13H2,(H,14,17)(H,15,16). The molecule has 18 heavy (non-hydrogen) atoms. The predicted octanol–water partition coefficient (Wildman–Crippen LogP) is 2.01. The second-order valence-electron chi connectivity index (χ2n) is 3.43. The smallest absolute Gasteiger partial charge is 0.271 e. The molecular weight excluding hydrogens is 272 g/mol. The van der Waals surface area contributed by atoms with Crippen LogP contribution in [0.1, 0.15) is 15.4 Å². The first-order valence-electron chi connectivity index (χ1n) is 5.14. The fourth-order valence-corrected chi connectivity index (χ4v) is 2.18. The number of hydrazine groups is 1. The summed E-state index contributed by atoms with van der Waals surface area (Å²) in [5.74, 6) is 5.30. The molecule has 0 saturated carbocycles. The Morgan fingerprint density at radius 2 is 2.28 bits per heavy atom. The van der Waals surface area contributed by atoms with Crippen LogP contribution in [0, 0.1) is 0 Å². The first-order valence-corrected chi connectivity index (χ1v) is 6.40. The van der Waals surface area contributed by atoms with Crippen molar-refractivity contribution in [2.24, 2.45) is 5.84 Å². The topological polar surface area (TPSA) is 80.0 Å². The highest BCUT2D eigenvalue weighted by molar-refractivity contribution is 7.09. The average molecular weight is 283 g/mol. The Hall–Kier alpha value is -1.63. The molecule has 0 aliphatic heterocycles. The summed E-state index contributed by atoms with van der Waals surface area (Å²) in [7, 11) is 0. The maximum Gasteiger partial charge on any atom is 0.271 e. The monoisotopic (exact) mass is 282 g/mol. The van der Waals surface area contributed by atoms with Crippen molar-refractivity contribution in [3.63, 3.8) is 0 Å². The molecule has 94 valence electrons. The number of hydrogen-bond donors (Lipinski definition) is 3. The number of hydrogen-bond acceptors (Lipinski definition) is 5. The maximum absolute atomic E-state index is 11.9. The van der Waals surface area contributed by atoms with Crippen LogP contribution in [-0.2, 0) is 6.54 Å². The van der Waals surface area contributed by atoms with Gasteiger partial charge in [0.2, 0.25) is 0 Å². The van der Waals surface area contributed by atoms with Crippen molar-refractivity contribution in [2.75, 3.05) is 5.43 Å². The van der Waals surface area contributed by atoms with E-state index in [1.54, 1.807) is 23.5 Å². The molecule has 0 spiro atoms. The number of nitrogens with zero attached hydrogens (tertiary/aromatic N) is 1. The third-order valence-electron chi connectivity index (χ3n) is 2.21. The number of nitrogen functional groups attached to an aromatic ring is 1. The Morgan fingerprint density at radius 3 is 2.94 bits per heavy atom. The van der Waals surface area contributed by atoms with E-state index in [0.717, 1.165) is 4.88 Å². The lowest BCUT2D eigenvalue weighted by Crippen LogP contribution is -2.24. The van der Waals surface area contributed by atoms with Gasteiger partial charge in [-0.2, -0.15) is 0 Å². The molecule has 0 aliphatic rings. The zero-order valence-corrected chi connectivity index (χ0v) is 10.9. The van der Waals surface area contributed by atoms with Gasteiger partial charge in [-0.3, -0.25) is 4.79 Å². The van der Waals surface area contributed by atoms with Crippen LogP contribution >= 0.6 is 22.9 Å². The summed E-state index contributed by atoms with van der Waals surface area (Å²) in [4.78, 5) is 17.0. The number of nitrogens with one attached hydrogen (secondary N) is 2. The predicted molar refractivity (Wildman–Crippen MR) is 72.5 cm³/mol. The molecule has 1 amide bonds. The van der Waals surface area contributed by atoms with Gasteiger partial charge in [-0.1, -0.05) is 17.7 Å². The number of nitrogens with two attached hydrogens (primary N) is 1. The highest BCUT2D eigenvalue weighted by atomic mass is 35.5. The number of rotatable bonds is 4. The second kappa shape index (κ2) is 5.81. The second-order valence-corrected chi connectivity index (χ2v) is 4.87. The van der Waals surface area contributed by atoms with E-state index < -0.39 is 0 Å². The van der Waals surface area contributed by atoms with E-state index in [4.69, 9.17) is 17.4 Å². The van der Waals surface area contributed by atoms with Crippen LogP contribution in [0.2, 0.25) is 5.02 Å². The molecule has 2 heterocycles. The molecule has 7 heteroatoms. The summed E-state index contributed by atoms with van der Waals surface area (Å²) >= 11 is 7.49. The van der Waals surface area contributed by atoms with E-state index in [-0.39, 0.29) is 16.6 Å². The number of carbonyl (C=O) groups excluding carboxylic acids is 1. The van der Waals surface area contributed by atoms with Crippen molar-refractivity contribution in [1.82, 2.24) is 10.3 Å². The zero-order valence-electron chi connectivity index (χ0n) is 9.31.